The molecule has 2 aliphatic heterocycles. The lowest BCUT2D eigenvalue weighted by molar-refractivity contribution is 1.27. The zero-order valence-corrected chi connectivity index (χ0v) is 38.5. The number of para-hydroxylation sites is 2. The second kappa shape index (κ2) is 14.6. The molecule has 0 radical (unpaired) electrons. The maximum atomic E-state index is 5.37. The quantitative estimate of drug-likeness (QED) is 0.127. The summed E-state index contributed by atoms with van der Waals surface area (Å²) >= 11 is 0. The predicted octanol–water partition coefficient (Wildman–Crippen LogP) is 16.0. The lowest BCUT2D eigenvalue weighted by Gasteiger charge is -2.45. The monoisotopic (exact) mass is 897 g/mol. The lowest BCUT2D eigenvalue weighted by Crippen LogP contribution is -2.61. The van der Waals surface area contributed by atoms with E-state index in [9.17, 15) is 0 Å². The summed E-state index contributed by atoms with van der Waals surface area (Å²) in [5.74, 6) is 0. The molecule has 0 aliphatic carbocycles. The Balaban J connectivity index is 1.09. The average Bonchev–Trinajstić information content (AvgIpc) is 3.44. The average molecular weight is 898 g/mol. The van der Waals surface area contributed by atoms with E-state index in [1.807, 2.05) is 0 Å². The summed E-state index contributed by atoms with van der Waals surface area (Å²) in [6, 6.07) is 90.3. The van der Waals surface area contributed by atoms with Gasteiger partial charge in [0.2, 0.25) is 0 Å². The Hall–Kier alpha value is -9.25. The third-order valence-corrected chi connectivity index (χ3v) is 15.6. The highest BCUT2D eigenvalue weighted by Crippen LogP contribution is 2.52. The minimum atomic E-state index is -0.0972. The van der Waals surface area contributed by atoms with Crippen molar-refractivity contribution in [1.82, 2.24) is 4.98 Å². The maximum absolute atomic E-state index is 5.37. The van der Waals surface area contributed by atoms with E-state index < -0.39 is 0 Å². The highest BCUT2D eigenvalue weighted by atomic mass is 15.2. The molecular formula is C67H40BN3. The summed E-state index contributed by atoms with van der Waals surface area (Å²) in [6.07, 6.45) is 0. The number of hydrogen-bond acceptors (Lipinski definition) is 3. The van der Waals surface area contributed by atoms with E-state index in [2.05, 4.69) is 252 Å². The molecule has 0 bridgehead atoms. The molecule has 0 amide bonds. The van der Waals surface area contributed by atoms with Crippen molar-refractivity contribution in [2.45, 2.75) is 0 Å². The Kier molecular flexibility index (Phi) is 7.97. The zero-order valence-electron chi connectivity index (χ0n) is 38.5. The molecule has 0 unspecified atom stereocenters. The van der Waals surface area contributed by atoms with Crippen LogP contribution in [0.2, 0.25) is 0 Å². The minimum absolute atomic E-state index is 0.0972. The van der Waals surface area contributed by atoms with Crippen molar-refractivity contribution in [3.8, 4) is 33.6 Å². The number of hydrogen-bond donors (Lipinski definition) is 0. The van der Waals surface area contributed by atoms with E-state index in [4.69, 9.17) is 4.98 Å². The normalized spacial score (nSPS) is 13.0. The highest BCUT2D eigenvalue weighted by molar-refractivity contribution is 7.01. The molecule has 14 aromatic rings. The molecule has 326 valence electrons. The van der Waals surface area contributed by atoms with Crippen molar-refractivity contribution in [2.75, 3.05) is 9.80 Å². The molecule has 0 N–H and O–H groups in total. The second-order valence-corrected chi connectivity index (χ2v) is 19.4. The van der Waals surface area contributed by atoms with Crippen LogP contribution in [-0.4, -0.2) is 11.7 Å². The van der Waals surface area contributed by atoms with Crippen LogP contribution in [0.4, 0.5) is 34.1 Å². The highest BCUT2D eigenvalue weighted by Gasteiger charge is 2.45. The van der Waals surface area contributed by atoms with E-state index >= 15 is 0 Å². The first-order valence-electron chi connectivity index (χ1n) is 24.6. The molecule has 16 rings (SSSR count). The van der Waals surface area contributed by atoms with Crippen LogP contribution in [0, 0.1) is 0 Å². The van der Waals surface area contributed by atoms with Crippen molar-refractivity contribution < 1.29 is 0 Å². The summed E-state index contributed by atoms with van der Waals surface area (Å²) < 4.78 is 0. The molecule has 3 nitrogen and oxygen atoms in total. The number of benzene rings is 13. The number of pyridine rings is 1. The van der Waals surface area contributed by atoms with Gasteiger partial charge in [-0.3, -0.25) is 0 Å². The van der Waals surface area contributed by atoms with Gasteiger partial charge in [0.05, 0.1) is 11.4 Å². The summed E-state index contributed by atoms with van der Waals surface area (Å²) in [5, 5.41) is 15.4. The van der Waals surface area contributed by atoms with Crippen molar-refractivity contribution in [1.29, 1.82) is 0 Å². The van der Waals surface area contributed by atoms with Crippen LogP contribution in [0.1, 0.15) is 0 Å². The topological polar surface area (TPSA) is 19.4 Å². The first-order chi connectivity index (χ1) is 35.2. The fourth-order valence-corrected chi connectivity index (χ4v) is 12.7. The van der Waals surface area contributed by atoms with Gasteiger partial charge in [-0.15, -0.1) is 0 Å². The van der Waals surface area contributed by atoms with E-state index in [-0.39, 0.29) is 6.71 Å². The van der Waals surface area contributed by atoms with Crippen molar-refractivity contribution >= 4 is 122 Å². The molecule has 13 aromatic carbocycles. The van der Waals surface area contributed by atoms with Crippen molar-refractivity contribution in [3.63, 3.8) is 0 Å². The van der Waals surface area contributed by atoms with Gasteiger partial charge in [-0.2, -0.15) is 0 Å². The van der Waals surface area contributed by atoms with E-state index in [1.54, 1.807) is 0 Å². The third kappa shape index (κ3) is 5.53. The lowest BCUT2D eigenvalue weighted by atomic mass is 9.33. The molecule has 0 fully saturated rings. The molecule has 0 saturated heterocycles. The summed E-state index contributed by atoms with van der Waals surface area (Å²) in [6.45, 7) is -0.0972. The number of aromatic nitrogens is 1. The van der Waals surface area contributed by atoms with Gasteiger partial charge in [-0.05, 0) is 130 Å². The van der Waals surface area contributed by atoms with Crippen LogP contribution in [0.15, 0.2) is 243 Å². The van der Waals surface area contributed by atoms with Gasteiger partial charge in [0.15, 0.2) is 0 Å². The van der Waals surface area contributed by atoms with Crippen molar-refractivity contribution in [3.05, 3.63) is 243 Å². The van der Waals surface area contributed by atoms with Gasteiger partial charge in [0, 0.05) is 56.0 Å². The van der Waals surface area contributed by atoms with Crippen LogP contribution < -0.4 is 26.2 Å². The Bertz CT molecular complexity index is 4150. The first-order valence-corrected chi connectivity index (χ1v) is 24.6. The van der Waals surface area contributed by atoms with Crippen LogP contribution in [0.5, 0.6) is 0 Å². The second-order valence-electron chi connectivity index (χ2n) is 19.4. The molecule has 71 heavy (non-hydrogen) atoms. The van der Waals surface area contributed by atoms with Gasteiger partial charge >= 0.3 is 0 Å². The number of anilines is 6. The summed E-state index contributed by atoms with van der Waals surface area (Å²) in [5.41, 5.74) is 17.2. The SMILES string of the molecule is c1ccc(-c2cc(-c3cc4c5c(c3)N(c3ccccc3)c3c(cc6ccc7cccc8ccc3c6c78)B5c3cc5ccc6cccc7ccc(c3N4c3ccccc3)c5c67)cc(-c3ccccc3)n2)cc1. The van der Waals surface area contributed by atoms with Gasteiger partial charge in [-0.25, -0.2) is 4.98 Å². The minimum Gasteiger partial charge on any atom is -0.311 e. The molecule has 0 spiro atoms. The standard InChI is InChI=1S/C67H40BN3/c1-5-15-41(16-6-1)57-37-49(38-58(69-57)42-17-7-2-8-18-42)50-39-59-65-60(40-50)71(52-25-11-4-12-26-52)67-54-34-32-46-22-14-20-44-28-30-48(64(54)62(44)46)36-56(67)68(65)55-35-47-29-27-43-19-13-21-45-31-33-53(63(47)61(43)45)66(55)70(59)51-23-9-3-10-24-51/h1-40H. The summed E-state index contributed by atoms with van der Waals surface area (Å²) in [4.78, 5) is 10.6. The molecule has 3 heterocycles. The molecule has 2 aliphatic rings. The zero-order chi connectivity index (χ0) is 46.3. The van der Waals surface area contributed by atoms with E-state index in [1.165, 1.54) is 104 Å². The van der Waals surface area contributed by atoms with E-state index in [0.29, 0.717) is 0 Å². The molecule has 1 aromatic heterocycles. The fourth-order valence-electron chi connectivity index (χ4n) is 12.7. The fraction of sp³-hybridized carbons (Fsp3) is 0. The van der Waals surface area contributed by atoms with Crippen molar-refractivity contribution in [2.24, 2.45) is 0 Å². The Morgan fingerprint density at radius 3 is 1.11 bits per heavy atom. The first kappa shape index (κ1) is 38.7. The van der Waals surface area contributed by atoms with Crippen LogP contribution in [-0.2, 0) is 0 Å². The Labute approximate surface area is 410 Å². The molecular weight excluding hydrogens is 858 g/mol. The smallest absolute Gasteiger partial charge is 0.252 e. The molecule has 0 saturated carbocycles. The number of rotatable bonds is 5. The van der Waals surface area contributed by atoms with Crippen LogP contribution >= 0.6 is 0 Å². The number of nitrogens with zero attached hydrogens (tertiary/aromatic N) is 3. The Morgan fingerprint density at radius 2 is 0.676 bits per heavy atom. The van der Waals surface area contributed by atoms with Gasteiger partial charge in [0.25, 0.3) is 6.71 Å². The molecule has 4 heteroatoms. The van der Waals surface area contributed by atoms with Gasteiger partial charge in [0.1, 0.15) is 0 Å². The summed E-state index contributed by atoms with van der Waals surface area (Å²) in [7, 11) is 0. The maximum Gasteiger partial charge on any atom is 0.252 e. The van der Waals surface area contributed by atoms with Gasteiger partial charge < -0.3 is 9.80 Å². The predicted molar refractivity (Wildman–Crippen MR) is 302 cm³/mol. The van der Waals surface area contributed by atoms with Crippen LogP contribution in [0.25, 0.3) is 98.3 Å². The van der Waals surface area contributed by atoms with E-state index in [0.717, 1.165) is 45.0 Å². The van der Waals surface area contributed by atoms with Crippen LogP contribution in [0.3, 0.4) is 0 Å². The molecule has 0 atom stereocenters. The largest absolute Gasteiger partial charge is 0.311 e. The Morgan fingerprint density at radius 1 is 0.296 bits per heavy atom. The number of fused-ring (bicyclic) bond motifs is 6. The van der Waals surface area contributed by atoms with Gasteiger partial charge in [-0.1, -0.05) is 194 Å². The third-order valence-electron chi connectivity index (χ3n) is 15.6.